The first kappa shape index (κ1) is 14.6. The zero-order valence-corrected chi connectivity index (χ0v) is 13.3. The van der Waals surface area contributed by atoms with Crippen molar-refractivity contribution < 1.29 is 14.7 Å². The molecule has 1 N–H and O–H groups in total. The number of carboxylic acid groups (broad SMARTS) is 1. The lowest BCUT2D eigenvalue weighted by atomic mass is 9.89. The molecule has 2 atom stereocenters. The summed E-state index contributed by atoms with van der Waals surface area (Å²) >= 11 is 3.44. The van der Waals surface area contributed by atoms with E-state index in [0.717, 1.165) is 22.9 Å². The van der Waals surface area contributed by atoms with Crippen LogP contribution in [0.1, 0.15) is 43.7 Å². The van der Waals surface area contributed by atoms with Gasteiger partial charge in [-0.2, -0.15) is 0 Å². The van der Waals surface area contributed by atoms with E-state index in [1.165, 1.54) is 0 Å². The highest BCUT2D eigenvalue weighted by Crippen LogP contribution is 2.43. The molecule has 0 spiro atoms. The fourth-order valence-electron chi connectivity index (χ4n) is 3.23. The highest BCUT2D eigenvalue weighted by atomic mass is 79.9. The monoisotopic (exact) mass is 351 g/mol. The van der Waals surface area contributed by atoms with Crippen LogP contribution in [0.5, 0.6) is 0 Å². The molecule has 1 aliphatic heterocycles. The van der Waals surface area contributed by atoms with Crippen LogP contribution in [0.4, 0.5) is 0 Å². The Balaban J connectivity index is 2.05. The maximum absolute atomic E-state index is 12.5. The van der Waals surface area contributed by atoms with Crippen LogP contribution in [-0.4, -0.2) is 27.9 Å². The van der Waals surface area contributed by atoms with Gasteiger partial charge < -0.3 is 10.0 Å². The second-order valence-corrected chi connectivity index (χ2v) is 6.78. The molecule has 0 aromatic heterocycles. The highest BCUT2D eigenvalue weighted by Gasteiger charge is 2.44. The minimum atomic E-state index is -0.805. The number of hydrogen-bond acceptors (Lipinski definition) is 2. The zero-order chi connectivity index (χ0) is 15.0. The summed E-state index contributed by atoms with van der Waals surface area (Å²) in [6.45, 7) is 0. The van der Waals surface area contributed by atoms with Gasteiger partial charge in [-0.25, -0.2) is 0 Å². The van der Waals surface area contributed by atoms with Gasteiger partial charge in [0.05, 0.1) is 12.0 Å². The smallest absolute Gasteiger partial charge is 0.308 e. The third-order valence-corrected chi connectivity index (χ3v) is 4.82. The third-order valence-electron chi connectivity index (χ3n) is 4.32. The van der Waals surface area contributed by atoms with Crippen LogP contribution in [0.3, 0.4) is 0 Å². The van der Waals surface area contributed by atoms with E-state index in [0.29, 0.717) is 19.3 Å². The molecule has 1 heterocycles. The van der Waals surface area contributed by atoms with Gasteiger partial charge in [-0.1, -0.05) is 28.1 Å². The molecule has 2 aliphatic rings. The summed E-state index contributed by atoms with van der Waals surface area (Å²) in [6.07, 6.45) is 3.65. The van der Waals surface area contributed by atoms with E-state index in [2.05, 4.69) is 15.9 Å². The second-order valence-electron chi connectivity index (χ2n) is 5.87. The number of rotatable bonds is 3. The standard InChI is InChI=1S/C16H18BrNO3/c17-11-4-1-3-10(9-11)15-13(16(20)21)5-2-6-14(19)18(15)12-7-8-12/h1,3-4,9,12-13,15H,2,5-8H2,(H,20,21). The molecule has 1 amide bonds. The molecule has 1 aromatic rings. The molecule has 5 heteroatoms. The van der Waals surface area contributed by atoms with Gasteiger partial charge in [0.15, 0.2) is 0 Å². The lowest BCUT2D eigenvalue weighted by molar-refractivity contribution is -0.146. The minimum Gasteiger partial charge on any atom is -0.481 e. The molecule has 2 fully saturated rings. The number of carboxylic acids is 1. The van der Waals surface area contributed by atoms with E-state index in [1.807, 2.05) is 29.2 Å². The van der Waals surface area contributed by atoms with E-state index in [-0.39, 0.29) is 18.0 Å². The predicted octanol–water partition coefficient (Wildman–Crippen LogP) is 3.37. The largest absolute Gasteiger partial charge is 0.481 e. The fraction of sp³-hybridized carbons (Fsp3) is 0.500. The first-order chi connectivity index (χ1) is 10.1. The van der Waals surface area contributed by atoms with Crippen LogP contribution in [-0.2, 0) is 9.59 Å². The summed E-state index contributed by atoms with van der Waals surface area (Å²) < 4.78 is 0.914. The normalized spacial score (nSPS) is 26.5. The van der Waals surface area contributed by atoms with E-state index in [1.54, 1.807) is 0 Å². The van der Waals surface area contributed by atoms with Crippen molar-refractivity contribution in [3.05, 3.63) is 34.3 Å². The number of carbonyl (C=O) groups excluding carboxylic acids is 1. The average molecular weight is 352 g/mol. The summed E-state index contributed by atoms with van der Waals surface area (Å²) in [4.78, 5) is 26.0. The third kappa shape index (κ3) is 2.98. The number of hydrogen-bond donors (Lipinski definition) is 1. The summed E-state index contributed by atoms with van der Waals surface area (Å²) in [5, 5.41) is 9.62. The van der Waals surface area contributed by atoms with Gasteiger partial charge in [-0.15, -0.1) is 0 Å². The molecule has 112 valence electrons. The number of likely N-dealkylation sites (tertiary alicyclic amines) is 1. The molecule has 3 rings (SSSR count). The van der Waals surface area contributed by atoms with E-state index < -0.39 is 11.9 Å². The van der Waals surface area contributed by atoms with Crippen LogP contribution < -0.4 is 0 Å². The number of benzene rings is 1. The van der Waals surface area contributed by atoms with Crippen molar-refractivity contribution in [3.63, 3.8) is 0 Å². The Morgan fingerprint density at radius 2 is 2.05 bits per heavy atom. The first-order valence-electron chi connectivity index (χ1n) is 7.37. The average Bonchev–Trinajstić information content (AvgIpc) is 3.24. The van der Waals surface area contributed by atoms with Crippen molar-refractivity contribution in [2.24, 2.45) is 5.92 Å². The number of amides is 1. The van der Waals surface area contributed by atoms with Crippen LogP contribution in [0, 0.1) is 5.92 Å². The first-order valence-corrected chi connectivity index (χ1v) is 8.16. The van der Waals surface area contributed by atoms with Gasteiger partial charge in [0.25, 0.3) is 0 Å². The van der Waals surface area contributed by atoms with Gasteiger partial charge in [-0.3, -0.25) is 9.59 Å². The maximum Gasteiger partial charge on any atom is 0.308 e. The van der Waals surface area contributed by atoms with E-state index in [4.69, 9.17) is 0 Å². The van der Waals surface area contributed by atoms with Crippen LogP contribution in [0.15, 0.2) is 28.7 Å². The summed E-state index contributed by atoms with van der Waals surface area (Å²) in [6, 6.07) is 7.57. The summed E-state index contributed by atoms with van der Waals surface area (Å²) in [7, 11) is 0. The molecule has 0 radical (unpaired) electrons. The minimum absolute atomic E-state index is 0.103. The zero-order valence-electron chi connectivity index (χ0n) is 11.7. The van der Waals surface area contributed by atoms with E-state index in [9.17, 15) is 14.7 Å². The molecular weight excluding hydrogens is 334 g/mol. The fourth-order valence-corrected chi connectivity index (χ4v) is 3.65. The SMILES string of the molecule is O=C(O)C1CCCC(=O)N(C2CC2)C1c1cccc(Br)c1. The quantitative estimate of drug-likeness (QED) is 0.908. The number of halogens is 1. The van der Waals surface area contributed by atoms with Crippen molar-refractivity contribution in [1.82, 2.24) is 4.90 Å². The van der Waals surface area contributed by atoms with Gasteiger partial charge in [0.2, 0.25) is 5.91 Å². The molecular formula is C16H18BrNO3. The molecule has 1 saturated carbocycles. The molecule has 0 bridgehead atoms. The van der Waals surface area contributed by atoms with Crippen molar-refractivity contribution in [2.45, 2.75) is 44.2 Å². The van der Waals surface area contributed by atoms with Crippen molar-refractivity contribution in [3.8, 4) is 0 Å². The Morgan fingerprint density at radius 3 is 2.67 bits per heavy atom. The van der Waals surface area contributed by atoms with Gasteiger partial charge in [-0.05, 0) is 43.4 Å². The number of aliphatic carboxylic acids is 1. The van der Waals surface area contributed by atoms with Crippen LogP contribution >= 0.6 is 15.9 Å². The van der Waals surface area contributed by atoms with Gasteiger partial charge in [0.1, 0.15) is 0 Å². The molecule has 21 heavy (non-hydrogen) atoms. The Morgan fingerprint density at radius 1 is 1.29 bits per heavy atom. The van der Waals surface area contributed by atoms with Gasteiger partial charge in [0, 0.05) is 16.9 Å². The van der Waals surface area contributed by atoms with E-state index >= 15 is 0 Å². The van der Waals surface area contributed by atoms with Crippen molar-refractivity contribution in [1.29, 1.82) is 0 Å². The Bertz CT molecular complexity index is 570. The molecule has 4 nitrogen and oxygen atoms in total. The highest BCUT2D eigenvalue weighted by molar-refractivity contribution is 9.10. The van der Waals surface area contributed by atoms with Crippen molar-refractivity contribution >= 4 is 27.8 Å². The number of carbonyl (C=O) groups is 2. The molecule has 2 unspecified atom stereocenters. The van der Waals surface area contributed by atoms with Crippen molar-refractivity contribution in [2.75, 3.05) is 0 Å². The Labute approximate surface area is 132 Å². The summed E-state index contributed by atoms with van der Waals surface area (Å²) in [5.74, 6) is -1.22. The second kappa shape index (κ2) is 5.79. The molecule has 1 saturated heterocycles. The number of nitrogens with zero attached hydrogens (tertiary/aromatic N) is 1. The maximum atomic E-state index is 12.5. The topological polar surface area (TPSA) is 57.6 Å². The summed E-state index contributed by atoms with van der Waals surface area (Å²) in [5.41, 5.74) is 0.916. The Hall–Kier alpha value is -1.36. The lowest BCUT2D eigenvalue weighted by Crippen LogP contribution is -2.40. The van der Waals surface area contributed by atoms with Gasteiger partial charge >= 0.3 is 5.97 Å². The lowest BCUT2D eigenvalue weighted by Gasteiger charge is -2.34. The Kier molecular flexibility index (Phi) is 4.02. The predicted molar refractivity (Wildman–Crippen MR) is 81.7 cm³/mol. The molecule has 1 aromatic carbocycles. The molecule has 1 aliphatic carbocycles. The van der Waals surface area contributed by atoms with Crippen LogP contribution in [0.25, 0.3) is 0 Å². The van der Waals surface area contributed by atoms with Crippen LogP contribution in [0.2, 0.25) is 0 Å².